The van der Waals surface area contributed by atoms with Crippen molar-refractivity contribution in [2.24, 2.45) is 5.92 Å². The van der Waals surface area contributed by atoms with Crippen molar-refractivity contribution in [3.05, 3.63) is 82.7 Å². The first kappa shape index (κ1) is 17.8. The largest absolute Gasteiger partial charge is 0.341 e. The van der Waals surface area contributed by atoms with Crippen LogP contribution < -0.4 is 5.56 Å². The van der Waals surface area contributed by atoms with Crippen LogP contribution in [-0.4, -0.2) is 38.4 Å². The third-order valence-corrected chi connectivity index (χ3v) is 5.95. The molecule has 3 aromatic heterocycles. The summed E-state index contributed by atoms with van der Waals surface area (Å²) in [6.07, 6.45) is 6.58. The molecule has 2 bridgehead atoms. The summed E-state index contributed by atoms with van der Waals surface area (Å²) in [5, 5.41) is 0. The first-order chi connectivity index (χ1) is 14.2. The zero-order valence-electron chi connectivity index (χ0n) is 16.1. The van der Waals surface area contributed by atoms with Crippen molar-refractivity contribution in [2.75, 3.05) is 13.1 Å². The van der Waals surface area contributed by atoms with E-state index in [1.54, 1.807) is 24.7 Å². The van der Waals surface area contributed by atoms with Crippen LogP contribution in [-0.2, 0) is 17.8 Å². The summed E-state index contributed by atoms with van der Waals surface area (Å²) in [6, 6.07) is 13.3. The van der Waals surface area contributed by atoms with Crippen LogP contribution in [0.15, 0.2) is 65.8 Å². The minimum atomic E-state index is 0.0213. The van der Waals surface area contributed by atoms with Gasteiger partial charge in [0.25, 0.3) is 5.56 Å². The molecule has 3 aromatic rings. The molecule has 1 amide bonds. The first-order valence-corrected chi connectivity index (χ1v) is 10.0. The van der Waals surface area contributed by atoms with E-state index in [-0.39, 0.29) is 17.4 Å². The number of fused-ring (bicyclic) bond motifs is 4. The Kier molecular flexibility index (Phi) is 4.46. The van der Waals surface area contributed by atoms with Gasteiger partial charge in [0.15, 0.2) is 0 Å². The summed E-state index contributed by atoms with van der Waals surface area (Å²) in [6.45, 7) is 2.04. The highest BCUT2D eigenvalue weighted by Crippen LogP contribution is 2.36. The molecule has 1 saturated heterocycles. The van der Waals surface area contributed by atoms with Crippen molar-refractivity contribution in [1.82, 2.24) is 19.4 Å². The van der Waals surface area contributed by atoms with Gasteiger partial charge >= 0.3 is 0 Å². The highest BCUT2D eigenvalue weighted by Gasteiger charge is 2.36. The maximum atomic E-state index is 12.9. The number of carbonyl (C=O) groups excluding carboxylic acids is 1. The summed E-state index contributed by atoms with van der Waals surface area (Å²) in [7, 11) is 0. The van der Waals surface area contributed by atoms with Gasteiger partial charge in [0.1, 0.15) is 0 Å². The van der Waals surface area contributed by atoms with Gasteiger partial charge in [-0.2, -0.15) is 0 Å². The average molecular weight is 386 g/mol. The number of aromatic nitrogens is 3. The van der Waals surface area contributed by atoms with Gasteiger partial charge < -0.3 is 9.47 Å². The van der Waals surface area contributed by atoms with Gasteiger partial charge in [-0.05, 0) is 42.2 Å². The lowest BCUT2D eigenvalue weighted by Crippen LogP contribution is -2.49. The van der Waals surface area contributed by atoms with Gasteiger partial charge in [-0.15, -0.1) is 0 Å². The molecule has 6 nitrogen and oxygen atoms in total. The number of hydrogen-bond acceptors (Lipinski definition) is 4. The van der Waals surface area contributed by atoms with Crippen LogP contribution in [0.1, 0.15) is 23.6 Å². The Hall–Kier alpha value is -3.28. The minimum Gasteiger partial charge on any atom is -0.341 e. The van der Waals surface area contributed by atoms with E-state index in [4.69, 9.17) is 0 Å². The Morgan fingerprint density at radius 2 is 2.00 bits per heavy atom. The zero-order valence-corrected chi connectivity index (χ0v) is 16.1. The topological polar surface area (TPSA) is 68.1 Å². The predicted octanol–water partition coefficient (Wildman–Crippen LogP) is 2.49. The van der Waals surface area contributed by atoms with Crippen molar-refractivity contribution >= 4 is 5.91 Å². The summed E-state index contributed by atoms with van der Waals surface area (Å²) in [5.74, 6) is 0.624. The zero-order chi connectivity index (χ0) is 19.8. The number of pyridine rings is 3. The van der Waals surface area contributed by atoms with Crippen molar-refractivity contribution in [3.8, 4) is 11.3 Å². The fourth-order valence-electron chi connectivity index (χ4n) is 4.63. The molecule has 5 rings (SSSR count). The summed E-state index contributed by atoms with van der Waals surface area (Å²) in [4.78, 5) is 36.1. The number of likely N-dealkylation sites (tertiary alicyclic amines) is 1. The molecule has 0 aromatic carbocycles. The van der Waals surface area contributed by atoms with E-state index in [1.807, 2.05) is 39.8 Å². The van der Waals surface area contributed by atoms with Crippen LogP contribution >= 0.6 is 0 Å². The SMILES string of the molecule is O=C(Cc1cccnc1)N1C[C@@H]2C[C@H](C1)c1cc(-c3ccccn3)cc(=O)n1C2. The molecule has 2 atom stereocenters. The van der Waals surface area contributed by atoms with Crippen LogP contribution in [0.5, 0.6) is 0 Å². The van der Waals surface area contributed by atoms with E-state index >= 15 is 0 Å². The molecule has 146 valence electrons. The highest BCUT2D eigenvalue weighted by molar-refractivity contribution is 5.79. The number of amides is 1. The Morgan fingerprint density at radius 3 is 2.79 bits per heavy atom. The fraction of sp³-hybridized carbons (Fsp3) is 0.304. The lowest BCUT2D eigenvalue weighted by atomic mass is 9.82. The highest BCUT2D eigenvalue weighted by atomic mass is 16.2. The second kappa shape index (κ2) is 7.28. The van der Waals surface area contributed by atoms with E-state index in [2.05, 4.69) is 16.0 Å². The summed E-state index contributed by atoms with van der Waals surface area (Å²) >= 11 is 0. The molecule has 6 heteroatoms. The van der Waals surface area contributed by atoms with E-state index in [0.717, 1.165) is 28.9 Å². The van der Waals surface area contributed by atoms with Gasteiger partial charge in [0.2, 0.25) is 5.91 Å². The first-order valence-electron chi connectivity index (χ1n) is 10.0. The summed E-state index contributed by atoms with van der Waals surface area (Å²) < 4.78 is 1.90. The Bertz CT molecular complexity index is 1090. The van der Waals surface area contributed by atoms with E-state index < -0.39 is 0 Å². The van der Waals surface area contributed by atoms with Crippen molar-refractivity contribution in [1.29, 1.82) is 0 Å². The molecule has 0 saturated carbocycles. The average Bonchev–Trinajstić information content (AvgIpc) is 2.75. The molecular formula is C23H22N4O2. The van der Waals surface area contributed by atoms with Crippen molar-refractivity contribution in [3.63, 3.8) is 0 Å². The third-order valence-electron chi connectivity index (χ3n) is 5.95. The standard InChI is InChI=1S/C23H22N4O2/c28-22(9-16-4-3-6-24-12-16)26-13-17-8-19(15-26)21-10-18(11-23(29)27(21)14-17)20-5-1-2-7-25-20/h1-7,10-12,17,19H,8-9,13-15H2/t17-,19+/m0/s1. The smallest absolute Gasteiger partial charge is 0.251 e. The minimum absolute atomic E-state index is 0.0213. The second-order valence-electron chi connectivity index (χ2n) is 7.97. The molecule has 0 N–H and O–H groups in total. The molecule has 0 unspecified atom stereocenters. The molecule has 0 aliphatic carbocycles. The van der Waals surface area contributed by atoms with Crippen molar-refractivity contribution in [2.45, 2.75) is 25.3 Å². The van der Waals surface area contributed by atoms with E-state index in [0.29, 0.717) is 32.0 Å². The molecule has 29 heavy (non-hydrogen) atoms. The number of nitrogens with zero attached hydrogens (tertiary/aromatic N) is 4. The molecular weight excluding hydrogens is 364 g/mol. The lowest BCUT2D eigenvalue weighted by molar-refractivity contribution is -0.133. The number of rotatable bonds is 3. The van der Waals surface area contributed by atoms with E-state index in [9.17, 15) is 9.59 Å². The monoisotopic (exact) mass is 386 g/mol. The summed E-state index contributed by atoms with van der Waals surface area (Å²) in [5.41, 5.74) is 3.62. The number of piperidine rings is 1. The van der Waals surface area contributed by atoms with Crippen LogP contribution in [0.3, 0.4) is 0 Å². The number of carbonyl (C=O) groups is 1. The van der Waals surface area contributed by atoms with Crippen LogP contribution in [0.4, 0.5) is 0 Å². The Labute approximate surface area is 168 Å². The van der Waals surface area contributed by atoms with Gasteiger partial charge in [0.05, 0.1) is 12.1 Å². The van der Waals surface area contributed by atoms with Gasteiger partial charge in [-0.3, -0.25) is 19.6 Å². The quantitative estimate of drug-likeness (QED) is 0.694. The van der Waals surface area contributed by atoms with Crippen LogP contribution in [0, 0.1) is 5.92 Å². The molecule has 2 aliphatic rings. The van der Waals surface area contributed by atoms with E-state index in [1.165, 1.54) is 0 Å². The third kappa shape index (κ3) is 3.46. The molecule has 5 heterocycles. The fourth-order valence-corrected chi connectivity index (χ4v) is 4.63. The number of hydrogen-bond donors (Lipinski definition) is 0. The maximum Gasteiger partial charge on any atom is 0.251 e. The molecule has 0 spiro atoms. The maximum absolute atomic E-state index is 12.9. The lowest BCUT2D eigenvalue weighted by Gasteiger charge is -2.43. The van der Waals surface area contributed by atoms with Crippen LogP contribution in [0.2, 0.25) is 0 Å². The van der Waals surface area contributed by atoms with Gasteiger partial charge in [0, 0.05) is 61.5 Å². The van der Waals surface area contributed by atoms with Gasteiger partial charge in [-0.1, -0.05) is 12.1 Å². The van der Waals surface area contributed by atoms with Gasteiger partial charge in [-0.25, -0.2) is 0 Å². The second-order valence-corrected chi connectivity index (χ2v) is 7.97. The normalized spacial score (nSPS) is 20.2. The molecule has 2 aliphatic heterocycles. The molecule has 1 fully saturated rings. The molecule has 0 radical (unpaired) electrons. The van der Waals surface area contributed by atoms with Crippen molar-refractivity contribution < 1.29 is 4.79 Å². The van der Waals surface area contributed by atoms with Crippen LogP contribution in [0.25, 0.3) is 11.3 Å². The Balaban J connectivity index is 1.43. The predicted molar refractivity (Wildman–Crippen MR) is 109 cm³/mol. The Morgan fingerprint density at radius 1 is 1.07 bits per heavy atom.